The van der Waals surface area contributed by atoms with Gasteiger partial charge in [-0.05, 0) is 12.1 Å². The van der Waals surface area contributed by atoms with Crippen LogP contribution in [0.15, 0.2) is 12.1 Å². The number of rotatable bonds is 1. The number of hydrogen-bond donors (Lipinski definition) is 2. The number of nitrogens with one attached hydrogen (secondary N) is 1. The van der Waals surface area contributed by atoms with Crippen molar-refractivity contribution in [2.75, 3.05) is 17.7 Å². The number of aldehydes is 1. The lowest BCUT2D eigenvalue weighted by Crippen LogP contribution is -2.32. The zero-order chi connectivity index (χ0) is 10.1. The maximum Gasteiger partial charge on any atom is 0.161 e. The molecule has 0 radical (unpaired) electrons. The predicted octanol–water partition coefficient (Wildman–Crippen LogP) is 1.29. The number of ether oxygens (including phenoxy) is 1. The summed E-state index contributed by atoms with van der Waals surface area (Å²) in [5.41, 5.74) is 6.80. The predicted molar refractivity (Wildman–Crippen MR) is 54.8 cm³/mol. The number of carbonyl (C=O) groups is 1. The number of nitrogen functional groups attached to an aromatic ring is 1. The molecule has 1 aromatic rings. The number of carbonyl (C=O) groups excluding carboxylic acids is 1. The maximum atomic E-state index is 10.5. The minimum atomic E-state index is -0.333. The highest BCUT2D eigenvalue weighted by atomic mass is 35.5. The molecule has 1 aromatic carbocycles. The van der Waals surface area contributed by atoms with Crippen LogP contribution in [0.4, 0.5) is 11.4 Å². The van der Waals surface area contributed by atoms with Crippen LogP contribution in [0.2, 0.25) is 5.02 Å². The first-order valence-corrected chi connectivity index (χ1v) is 4.52. The van der Waals surface area contributed by atoms with Gasteiger partial charge >= 0.3 is 0 Å². The Morgan fingerprint density at radius 2 is 2.43 bits per heavy atom. The minimum Gasteiger partial charge on any atom is -0.487 e. The Labute approximate surface area is 86.0 Å². The molecule has 14 heavy (non-hydrogen) atoms. The molecule has 5 heteroatoms. The van der Waals surface area contributed by atoms with Gasteiger partial charge in [0.2, 0.25) is 0 Å². The standard InChI is InChI=1S/C9H9ClN2O2/c10-7-1-5(11)2-8-9(7)14-4-6(3-13)12-8/h1-3,6,12H,4,11H2. The molecule has 0 amide bonds. The second-order valence-corrected chi connectivity index (χ2v) is 3.48. The van der Waals surface area contributed by atoms with Crippen molar-refractivity contribution in [1.82, 2.24) is 0 Å². The van der Waals surface area contributed by atoms with Crippen molar-refractivity contribution in [3.05, 3.63) is 17.2 Å². The molecule has 2 rings (SSSR count). The quantitative estimate of drug-likeness (QED) is 0.544. The molecule has 0 bridgehead atoms. The zero-order valence-corrected chi connectivity index (χ0v) is 8.04. The van der Waals surface area contributed by atoms with Gasteiger partial charge in [0.25, 0.3) is 0 Å². The highest BCUT2D eigenvalue weighted by molar-refractivity contribution is 6.33. The molecule has 0 saturated heterocycles. The van der Waals surface area contributed by atoms with E-state index in [0.29, 0.717) is 28.8 Å². The fourth-order valence-corrected chi connectivity index (χ4v) is 1.64. The van der Waals surface area contributed by atoms with Gasteiger partial charge < -0.3 is 20.6 Å². The number of hydrogen-bond acceptors (Lipinski definition) is 4. The Hall–Kier alpha value is -1.42. The lowest BCUT2D eigenvalue weighted by molar-refractivity contribution is -0.109. The van der Waals surface area contributed by atoms with Crippen molar-refractivity contribution in [3.63, 3.8) is 0 Å². The van der Waals surface area contributed by atoms with E-state index in [4.69, 9.17) is 22.1 Å². The maximum absolute atomic E-state index is 10.5. The number of benzene rings is 1. The van der Waals surface area contributed by atoms with Crippen LogP contribution in [0.25, 0.3) is 0 Å². The molecule has 3 N–H and O–H groups in total. The molecule has 1 atom stereocenters. The summed E-state index contributed by atoms with van der Waals surface area (Å²) >= 11 is 5.91. The molecule has 74 valence electrons. The van der Waals surface area contributed by atoms with Crippen LogP contribution in [-0.4, -0.2) is 18.9 Å². The first-order chi connectivity index (χ1) is 6.70. The van der Waals surface area contributed by atoms with Crippen LogP contribution >= 0.6 is 11.6 Å². The molecule has 0 spiro atoms. The Morgan fingerprint density at radius 1 is 1.64 bits per heavy atom. The summed E-state index contributed by atoms with van der Waals surface area (Å²) in [6.07, 6.45) is 0.792. The van der Waals surface area contributed by atoms with E-state index in [1.54, 1.807) is 12.1 Å². The van der Waals surface area contributed by atoms with E-state index in [2.05, 4.69) is 5.32 Å². The molecule has 0 aliphatic carbocycles. The van der Waals surface area contributed by atoms with Crippen molar-refractivity contribution in [1.29, 1.82) is 0 Å². The Morgan fingerprint density at radius 3 is 3.14 bits per heavy atom. The van der Waals surface area contributed by atoms with Gasteiger partial charge in [-0.3, -0.25) is 0 Å². The van der Waals surface area contributed by atoms with Gasteiger partial charge in [-0.15, -0.1) is 0 Å². The highest BCUT2D eigenvalue weighted by Gasteiger charge is 2.20. The van der Waals surface area contributed by atoms with E-state index in [0.717, 1.165) is 6.29 Å². The third-order valence-corrected chi connectivity index (χ3v) is 2.26. The van der Waals surface area contributed by atoms with Crippen molar-refractivity contribution < 1.29 is 9.53 Å². The molecule has 0 fully saturated rings. The SMILES string of the molecule is Nc1cc(Cl)c2c(c1)NC(C=O)CO2. The van der Waals surface area contributed by atoms with Crippen LogP contribution in [0.1, 0.15) is 0 Å². The summed E-state index contributed by atoms with van der Waals surface area (Å²) < 4.78 is 5.33. The third-order valence-electron chi connectivity index (χ3n) is 1.98. The van der Waals surface area contributed by atoms with Crippen molar-refractivity contribution >= 4 is 29.3 Å². The molecular formula is C9H9ClN2O2. The molecule has 4 nitrogen and oxygen atoms in total. The largest absolute Gasteiger partial charge is 0.487 e. The summed E-state index contributed by atoms with van der Waals surface area (Å²) in [6.45, 7) is 0.292. The van der Waals surface area contributed by atoms with Gasteiger partial charge in [0.15, 0.2) is 5.75 Å². The summed E-state index contributed by atoms with van der Waals surface area (Å²) in [5, 5.41) is 3.43. The fraction of sp³-hybridized carbons (Fsp3) is 0.222. The highest BCUT2D eigenvalue weighted by Crippen LogP contribution is 2.37. The Kier molecular flexibility index (Phi) is 2.21. The summed E-state index contributed by atoms with van der Waals surface area (Å²) in [7, 11) is 0. The van der Waals surface area contributed by atoms with Crippen molar-refractivity contribution in [2.24, 2.45) is 0 Å². The van der Waals surface area contributed by atoms with E-state index in [-0.39, 0.29) is 6.04 Å². The molecule has 1 unspecified atom stereocenters. The van der Waals surface area contributed by atoms with Gasteiger partial charge in [0, 0.05) is 5.69 Å². The van der Waals surface area contributed by atoms with Gasteiger partial charge in [-0.1, -0.05) is 11.6 Å². The van der Waals surface area contributed by atoms with Gasteiger partial charge in [-0.25, -0.2) is 0 Å². The van der Waals surface area contributed by atoms with E-state index >= 15 is 0 Å². The topological polar surface area (TPSA) is 64.3 Å². The third kappa shape index (κ3) is 1.48. The second-order valence-electron chi connectivity index (χ2n) is 3.08. The van der Waals surface area contributed by atoms with Gasteiger partial charge in [0.1, 0.15) is 18.9 Å². The molecule has 1 aliphatic heterocycles. The lowest BCUT2D eigenvalue weighted by atomic mass is 10.2. The molecule has 0 aromatic heterocycles. The minimum absolute atomic E-state index is 0.292. The van der Waals surface area contributed by atoms with Crippen LogP contribution in [-0.2, 0) is 4.79 Å². The number of nitrogens with two attached hydrogens (primary N) is 1. The lowest BCUT2D eigenvalue weighted by Gasteiger charge is -2.24. The van der Waals surface area contributed by atoms with Crippen LogP contribution in [0, 0.1) is 0 Å². The summed E-state index contributed by atoms with van der Waals surface area (Å²) in [5.74, 6) is 0.555. The first-order valence-electron chi connectivity index (χ1n) is 4.14. The van der Waals surface area contributed by atoms with E-state index < -0.39 is 0 Å². The second kappa shape index (κ2) is 3.38. The smallest absolute Gasteiger partial charge is 0.161 e. The monoisotopic (exact) mass is 212 g/mol. The number of anilines is 2. The van der Waals surface area contributed by atoms with E-state index in [9.17, 15) is 4.79 Å². The average molecular weight is 213 g/mol. The van der Waals surface area contributed by atoms with Gasteiger partial charge in [0.05, 0.1) is 10.7 Å². The van der Waals surface area contributed by atoms with Crippen LogP contribution in [0.5, 0.6) is 5.75 Å². The van der Waals surface area contributed by atoms with E-state index in [1.807, 2.05) is 0 Å². The van der Waals surface area contributed by atoms with Crippen molar-refractivity contribution in [2.45, 2.75) is 6.04 Å². The van der Waals surface area contributed by atoms with Crippen molar-refractivity contribution in [3.8, 4) is 5.75 Å². The fourth-order valence-electron chi connectivity index (χ4n) is 1.36. The van der Waals surface area contributed by atoms with Crippen LogP contribution in [0.3, 0.4) is 0 Å². The average Bonchev–Trinajstić information content (AvgIpc) is 2.16. The Bertz CT molecular complexity index is 381. The van der Waals surface area contributed by atoms with E-state index in [1.165, 1.54) is 0 Å². The number of fused-ring (bicyclic) bond motifs is 1. The molecule has 1 heterocycles. The summed E-state index contributed by atoms with van der Waals surface area (Å²) in [6, 6.07) is 2.97. The van der Waals surface area contributed by atoms with Gasteiger partial charge in [-0.2, -0.15) is 0 Å². The Balaban J connectivity index is 2.41. The zero-order valence-electron chi connectivity index (χ0n) is 7.29. The van der Waals surface area contributed by atoms with Crippen LogP contribution < -0.4 is 15.8 Å². The molecular weight excluding hydrogens is 204 g/mol. The first kappa shape index (κ1) is 9.15. The summed E-state index contributed by atoms with van der Waals surface area (Å²) in [4.78, 5) is 10.5. The molecule has 1 aliphatic rings. The normalized spacial score (nSPS) is 19.1. The molecule has 0 saturated carbocycles. The number of halogens is 1.